The van der Waals surface area contributed by atoms with E-state index in [2.05, 4.69) is 5.32 Å². The average molecular weight is 200 g/mol. The molecular weight excluding hydrogens is 180 g/mol. The molecule has 1 amide bonds. The molecule has 14 heavy (non-hydrogen) atoms. The van der Waals surface area contributed by atoms with Gasteiger partial charge in [0.2, 0.25) is 5.91 Å². The van der Waals surface area contributed by atoms with Gasteiger partial charge in [0.25, 0.3) is 0 Å². The first-order valence-electron chi connectivity index (χ1n) is 5.01. The van der Waals surface area contributed by atoms with E-state index in [1.165, 1.54) is 0 Å². The van der Waals surface area contributed by atoms with Crippen molar-refractivity contribution in [1.29, 1.82) is 0 Å². The standard InChI is InChI=1S/C10H20N2O2/c1-10(2,14-3)4-7-5-12-6-8(7)9(11)13/h7-8,12H,4-6H2,1-3H3,(H2,11,13). The van der Waals surface area contributed by atoms with Crippen LogP contribution in [0.5, 0.6) is 0 Å². The summed E-state index contributed by atoms with van der Waals surface area (Å²) in [6, 6.07) is 0. The topological polar surface area (TPSA) is 64.3 Å². The van der Waals surface area contributed by atoms with Gasteiger partial charge in [0.15, 0.2) is 0 Å². The second-order valence-electron chi connectivity index (χ2n) is 4.60. The van der Waals surface area contributed by atoms with Crippen LogP contribution in [0.2, 0.25) is 0 Å². The summed E-state index contributed by atoms with van der Waals surface area (Å²) in [7, 11) is 1.70. The number of hydrogen-bond acceptors (Lipinski definition) is 3. The Balaban J connectivity index is 2.55. The number of nitrogens with one attached hydrogen (secondary N) is 1. The Bertz CT molecular complexity index is 216. The number of ether oxygens (including phenoxy) is 1. The number of nitrogens with two attached hydrogens (primary N) is 1. The van der Waals surface area contributed by atoms with E-state index in [4.69, 9.17) is 10.5 Å². The molecule has 1 aliphatic heterocycles. The lowest BCUT2D eigenvalue weighted by Crippen LogP contribution is -2.34. The van der Waals surface area contributed by atoms with Crippen LogP contribution in [0.4, 0.5) is 0 Å². The van der Waals surface area contributed by atoms with Crippen molar-refractivity contribution in [3.8, 4) is 0 Å². The van der Waals surface area contributed by atoms with Gasteiger partial charge >= 0.3 is 0 Å². The summed E-state index contributed by atoms with van der Waals surface area (Å²) in [5.74, 6) is 0.0683. The third-order valence-corrected chi connectivity index (χ3v) is 3.01. The van der Waals surface area contributed by atoms with Crippen molar-refractivity contribution in [2.24, 2.45) is 17.6 Å². The molecule has 1 aliphatic rings. The first kappa shape index (κ1) is 11.5. The maximum absolute atomic E-state index is 11.1. The van der Waals surface area contributed by atoms with Gasteiger partial charge in [-0.3, -0.25) is 4.79 Å². The fourth-order valence-corrected chi connectivity index (χ4v) is 2.00. The SMILES string of the molecule is COC(C)(C)CC1CNCC1C(N)=O. The van der Waals surface area contributed by atoms with Gasteiger partial charge in [-0.25, -0.2) is 0 Å². The lowest BCUT2D eigenvalue weighted by molar-refractivity contribution is -0.123. The molecule has 1 rings (SSSR count). The number of hydrogen-bond donors (Lipinski definition) is 2. The number of rotatable bonds is 4. The van der Waals surface area contributed by atoms with Gasteiger partial charge in [-0.05, 0) is 32.7 Å². The Hall–Kier alpha value is -0.610. The lowest BCUT2D eigenvalue weighted by atomic mass is 9.85. The van der Waals surface area contributed by atoms with E-state index >= 15 is 0 Å². The average Bonchev–Trinajstić information content (AvgIpc) is 2.51. The molecule has 1 saturated heterocycles. The first-order valence-corrected chi connectivity index (χ1v) is 5.01. The highest BCUT2D eigenvalue weighted by molar-refractivity contribution is 5.77. The van der Waals surface area contributed by atoms with Crippen molar-refractivity contribution < 1.29 is 9.53 Å². The van der Waals surface area contributed by atoms with E-state index < -0.39 is 0 Å². The predicted molar refractivity (Wildman–Crippen MR) is 54.7 cm³/mol. The van der Waals surface area contributed by atoms with E-state index in [9.17, 15) is 4.79 Å². The molecule has 0 aromatic heterocycles. The van der Waals surface area contributed by atoms with E-state index in [1.807, 2.05) is 13.8 Å². The van der Waals surface area contributed by atoms with Gasteiger partial charge in [-0.1, -0.05) is 0 Å². The van der Waals surface area contributed by atoms with Crippen molar-refractivity contribution in [3.05, 3.63) is 0 Å². The predicted octanol–water partition coefficient (Wildman–Crippen LogP) is 0.122. The molecule has 3 N–H and O–H groups in total. The number of carbonyl (C=O) groups excluding carboxylic acids is 1. The second kappa shape index (κ2) is 4.28. The molecule has 2 atom stereocenters. The minimum atomic E-state index is -0.202. The minimum Gasteiger partial charge on any atom is -0.379 e. The highest BCUT2D eigenvalue weighted by Crippen LogP contribution is 2.27. The van der Waals surface area contributed by atoms with Gasteiger partial charge in [0.1, 0.15) is 0 Å². The second-order valence-corrected chi connectivity index (χ2v) is 4.60. The van der Waals surface area contributed by atoms with Gasteiger partial charge in [-0.2, -0.15) is 0 Å². The molecule has 0 saturated carbocycles. The summed E-state index contributed by atoms with van der Waals surface area (Å²) in [4.78, 5) is 11.1. The zero-order valence-electron chi connectivity index (χ0n) is 9.17. The van der Waals surface area contributed by atoms with E-state index in [-0.39, 0.29) is 17.4 Å². The van der Waals surface area contributed by atoms with Gasteiger partial charge < -0.3 is 15.8 Å². The monoisotopic (exact) mass is 200 g/mol. The molecule has 2 unspecified atom stereocenters. The Labute approximate surface area is 85.2 Å². The zero-order valence-corrected chi connectivity index (χ0v) is 9.17. The molecular formula is C10H20N2O2. The van der Waals surface area contributed by atoms with Crippen molar-refractivity contribution in [2.45, 2.75) is 25.9 Å². The zero-order chi connectivity index (χ0) is 10.8. The summed E-state index contributed by atoms with van der Waals surface area (Å²) in [5.41, 5.74) is 5.15. The Morgan fingerprint density at radius 1 is 1.57 bits per heavy atom. The fraction of sp³-hybridized carbons (Fsp3) is 0.900. The van der Waals surface area contributed by atoms with Crippen LogP contribution in [0.15, 0.2) is 0 Å². The summed E-state index contributed by atoms with van der Waals surface area (Å²) in [6.07, 6.45) is 0.865. The van der Waals surface area contributed by atoms with Crippen LogP contribution in [-0.4, -0.2) is 31.7 Å². The summed E-state index contributed by atoms with van der Waals surface area (Å²) >= 11 is 0. The van der Waals surface area contributed by atoms with Crippen LogP contribution < -0.4 is 11.1 Å². The molecule has 0 aromatic carbocycles. The van der Waals surface area contributed by atoms with Gasteiger partial charge in [0, 0.05) is 13.7 Å². The van der Waals surface area contributed by atoms with Crippen LogP contribution in [0.25, 0.3) is 0 Å². The highest BCUT2D eigenvalue weighted by Gasteiger charge is 2.35. The largest absolute Gasteiger partial charge is 0.379 e. The molecule has 0 aromatic rings. The summed E-state index contributed by atoms with van der Waals surface area (Å²) < 4.78 is 5.35. The van der Waals surface area contributed by atoms with Crippen LogP contribution in [0, 0.1) is 11.8 Å². The number of carbonyl (C=O) groups is 1. The van der Waals surface area contributed by atoms with E-state index in [0.717, 1.165) is 13.0 Å². The number of primary amides is 1. The van der Waals surface area contributed by atoms with E-state index in [0.29, 0.717) is 12.5 Å². The quantitative estimate of drug-likeness (QED) is 0.677. The first-order chi connectivity index (χ1) is 6.46. The Morgan fingerprint density at radius 3 is 2.71 bits per heavy atom. The smallest absolute Gasteiger partial charge is 0.222 e. The molecule has 4 nitrogen and oxygen atoms in total. The maximum atomic E-state index is 11.1. The minimum absolute atomic E-state index is 0.0376. The Morgan fingerprint density at radius 2 is 2.21 bits per heavy atom. The van der Waals surface area contributed by atoms with Gasteiger partial charge in [0.05, 0.1) is 11.5 Å². The van der Waals surface area contributed by atoms with Crippen molar-refractivity contribution in [3.63, 3.8) is 0 Å². The third-order valence-electron chi connectivity index (χ3n) is 3.01. The van der Waals surface area contributed by atoms with Crippen LogP contribution in [0.1, 0.15) is 20.3 Å². The highest BCUT2D eigenvalue weighted by atomic mass is 16.5. The summed E-state index contributed by atoms with van der Waals surface area (Å²) in [6.45, 7) is 5.63. The molecule has 4 heteroatoms. The molecule has 0 spiro atoms. The van der Waals surface area contributed by atoms with E-state index in [1.54, 1.807) is 7.11 Å². The Kier molecular flexibility index (Phi) is 3.50. The number of methoxy groups -OCH3 is 1. The van der Waals surface area contributed by atoms with Crippen LogP contribution in [0.3, 0.4) is 0 Å². The van der Waals surface area contributed by atoms with Crippen LogP contribution >= 0.6 is 0 Å². The molecule has 0 bridgehead atoms. The van der Waals surface area contributed by atoms with Crippen molar-refractivity contribution >= 4 is 5.91 Å². The number of amides is 1. The lowest BCUT2D eigenvalue weighted by Gasteiger charge is -2.28. The van der Waals surface area contributed by atoms with Crippen LogP contribution in [-0.2, 0) is 9.53 Å². The van der Waals surface area contributed by atoms with Gasteiger partial charge in [-0.15, -0.1) is 0 Å². The fourth-order valence-electron chi connectivity index (χ4n) is 2.00. The van der Waals surface area contributed by atoms with Crippen molar-refractivity contribution in [2.75, 3.05) is 20.2 Å². The third kappa shape index (κ3) is 2.69. The van der Waals surface area contributed by atoms with Crippen molar-refractivity contribution in [1.82, 2.24) is 5.32 Å². The summed E-state index contributed by atoms with van der Waals surface area (Å²) in [5, 5.41) is 3.19. The molecule has 82 valence electrons. The molecule has 1 fully saturated rings. The maximum Gasteiger partial charge on any atom is 0.222 e. The molecule has 1 heterocycles. The molecule has 0 radical (unpaired) electrons. The normalized spacial score (nSPS) is 27.9. The molecule has 0 aliphatic carbocycles.